The molecule has 0 fully saturated rings. The fourth-order valence-electron chi connectivity index (χ4n) is 4.73. The molecule has 2 aromatic rings. The van der Waals surface area contributed by atoms with Crippen molar-refractivity contribution in [2.45, 2.75) is 105 Å². The highest BCUT2D eigenvalue weighted by Crippen LogP contribution is 2.39. The van der Waals surface area contributed by atoms with E-state index in [1.807, 2.05) is 6.07 Å². The van der Waals surface area contributed by atoms with Crippen LogP contribution in [0.5, 0.6) is 0 Å². The second-order valence-corrected chi connectivity index (χ2v) is 8.81. The summed E-state index contributed by atoms with van der Waals surface area (Å²) in [5.74, 6) is -0.262. The molecular weight excluding hydrogens is 378 g/mol. The minimum Gasteiger partial charge on any atom is -0.366 e. The van der Waals surface area contributed by atoms with Crippen LogP contribution in [0.25, 0.3) is 11.1 Å². The van der Waals surface area contributed by atoms with Crippen molar-refractivity contribution in [1.29, 1.82) is 0 Å². The number of carbonyl (C=O) groups is 1. The van der Waals surface area contributed by atoms with Gasteiger partial charge in [-0.2, -0.15) is 0 Å². The molecule has 31 heavy (non-hydrogen) atoms. The molecule has 0 atom stereocenters. The van der Waals surface area contributed by atoms with E-state index in [2.05, 4.69) is 52.0 Å². The number of carbonyl (C=O) groups excluding carboxylic acids is 1. The number of nitrogens with two attached hydrogens (primary N) is 1. The van der Waals surface area contributed by atoms with Crippen LogP contribution < -0.4 is 5.73 Å². The van der Waals surface area contributed by atoms with Crippen LogP contribution in [0.3, 0.4) is 0 Å². The Morgan fingerprint density at radius 3 is 1.52 bits per heavy atom. The molecule has 2 N–H and O–H groups in total. The molecule has 0 aliphatic rings. The van der Waals surface area contributed by atoms with Gasteiger partial charge in [0, 0.05) is 0 Å². The average Bonchev–Trinajstić information content (AvgIpc) is 2.78. The van der Waals surface area contributed by atoms with Gasteiger partial charge in [0.25, 0.3) is 0 Å². The molecule has 0 aliphatic carbocycles. The molecule has 2 heteroatoms. The Labute approximate surface area is 190 Å². The number of primary amides is 1. The van der Waals surface area contributed by atoms with E-state index in [1.165, 1.54) is 35.1 Å². The van der Waals surface area contributed by atoms with Crippen molar-refractivity contribution in [3.63, 3.8) is 0 Å². The van der Waals surface area contributed by atoms with Crippen LogP contribution in [-0.2, 0) is 25.7 Å². The maximum absolute atomic E-state index is 13.0. The molecule has 0 radical (unpaired) electrons. The van der Waals surface area contributed by atoms with E-state index in [0.717, 1.165) is 80.9 Å². The van der Waals surface area contributed by atoms with Crippen molar-refractivity contribution in [3.8, 4) is 11.1 Å². The number of amides is 1. The summed E-state index contributed by atoms with van der Waals surface area (Å²) in [7, 11) is 0. The molecule has 0 heterocycles. The lowest BCUT2D eigenvalue weighted by molar-refractivity contribution is 0.0999. The molecule has 0 aromatic heterocycles. The topological polar surface area (TPSA) is 43.1 Å². The lowest BCUT2D eigenvalue weighted by Crippen LogP contribution is -2.21. The zero-order chi connectivity index (χ0) is 22.6. The second-order valence-electron chi connectivity index (χ2n) is 8.81. The summed E-state index contributed by atoms with van der Waals surface area (Å²) < 4.78 is 0. The van der Waals surface area contributed by atoms with E-state index in [9.17, 15) is 4.79 Å². The lowest BCUT2D eigenvalue weighted by Gasteiger charge is -2.26. The molecule has 2 rings (SSSR count). The third-order valence-corrected chi connectivity index (χ3v) is 6.38. The van der Waals surface area contributed by atoms with E-state index in [0.29, 0.717) is 0 Å². The van der Waals surface area contributed by atoms with Crippen LogP contribution in [-0.4, -0.2) is 5.91 Å². The number of rotatable bonds is 14. The molecule has 2 nitrogen and oxygen atoms in total. The number of benzene rings is 2. The molecule has 0 saturated carbocycles. The van der Waals surface area contributed by atoms with E-state index >= 15 is 0 Å². The Morgan fingerprint density at radius 2 is 1.06 bits per heavy atom. The Balaban J connectivity index is 2.93. The SMILES string of the molecule is CCCCc1c(CCCC)c(CCCC)c(-c2ccccc2)c(C(N)=O)c1CCCC. The molecule has 0 saturated heterocycles. The summed E-state index contributed by atoms with van der Waals surface area (Å²) in [6.07, 6.45) is 13.3. The summed E-state index contributed by atoms with van der Waals surface area (Å²) in [6.45, 7) is 8.99. The van der Waals surface area contributed by atoms with Crippen molar-refractivity contribution in [2.75, 3.05) is 0 Å². The summed E-state index contributed by atoms with van der Waals surface area (Å²) in [5.41, 5.74) is 14.8. The molecule has 1 amide bonds. The standard InChI is InChI=1S/C29H43NO/c1-5-9-18-23-24(19-10-6-2)26(21-12-8-4)28(29(30)31)27(25(23)20-11-7-3)22-16-14-13-15-17-22/h13-17H,5-12,18-21H2,1-4H3,(H2,30,31). The van der Waals surface area contributed by atoms with Crippen molar-refractivity contribution in [2.24, 2.45) is 5.73 Å². The van der Waals surface area contributed by atoms with Crippen LogP contribution in [0.1, 0.15) is 112 Å². The summed E-state index contributed by atoms with van der Waals surface area (Å²) in [6, 6.07) is 10.5. The molecule has 170 valence electrons. The third kappa shape index (κ3) is 6.45. The van der Waals surface area contributed by atoms with Gasteiger partial charge in [-0.25, -0.2) is 0 Å². The van der Waals surface area contributed by atoms with Gasteiger partial charge in [-0.1, -0.05) is 83.7 Å². The smallest absolute Gasteiger partial charge is 0.249 e. The summed E-state index contributed by atoms with van der Waals surface area (Å²) >= 11 is 0. The van der Waals surface area contributed by atoms with Gasteiger partial charge in [0.15, 0.2) is 0 Å². The van der Waals surface area contributed by atoms with E-state index in [1.54, 1.807) is 0 Å². The first-order valence-electron chi connectivity index (χ1n) is 12.6. The minimum atomic E-state index is -0.262. The minimum absolute atomic E-state index is 0.262. The molecule has 0 unspecified atom stereocenters. The highest BCUT2D eigenvalue weighted by Gasteiger charge is 2.26. The van der Waals surface area contributed by atoms with Gasteiger partial charge in [-0.3, -0.25) is 4.79 Å². The average molecular weight is 422 g/mol. The zero-order valence-electron chi connectivity index (χ0n) is 20.4. The van der Waals surface area contributed by atoms with E-state index < -0.39 is 0 Å². The van der Waals surface area contributed by atoms with Gasteiger partial charge in [-0.15, -0.1) is 0 Å². The first-order chi connectivity index (χ1) is 15.1. The van der Waals surface area contributed by atoms with Gasteiger partial charge >= 0.3 is 0 Å². The van der Waals surface area contributed by atoms with Crippen LogP contribution >= 0.6 is 0 Å². The third-order valence-electron chi connectivity index (χ3n) is 6.38. The van der Waals surface area contributed by atoms with Crippen LogP contribution in [0.15, 0.2) is 30.3 Å². The monoisotopic (exact) mass is 421 g/mol. The van der Waals surface area contributed by atoms with Crippen molar-refractivity contribution >= 4 is 5.91 Å². The maximum atomic E-state index is 13.0. The molecule has 0 spiro atoms. The molecular formula is C29H43NO. The fraction of sp³-hybridized carbons (Fsp3) is 0.552. The molecule has 0 bridgehead atoms. The lowest BCUT2D eigenvalue weighted by atomic mass is 9.78. The van der Waals surface area contributed by atoms with E-state index in [-0.39, 0.29) is 5.91 Å². The Kier molecular flexibility index (Phi) is 10.8. The first-order valence-corrected chi connectivity index (χ1v) is 12.6. The number of hydrogen-bond donors (Lipinski definition) is 1. The largest absolute Gasteiger partial charge is 0.366 e. The predicted octanol–water partition coefficient (Wildman–Crippen LogP) is 7.82. The van der Waals surface area contributed by atoms with Crippen LogP contribution in [0, 0.1) is 0 Å². The van der Waals surface area contributed by atoms with Crippen LogP contribution in [0.2, 0.25) is 0 Å². The van der Waals surface area contributed by atoms with Crippen molar-refractivity contribution in [1.82, 2.24) is 0 Å². The van der Waals surface area contributed by atoms with Crippen LogP contribution in [0.4, 0.5) is 0 Å². The Bertz CT molecular complexity index is 823. The highest BCUT2D eigenvalue weighted by molar-refractivity contribution is 6.03. The quantitative estimate of drug-likeness (QED) is 0.332. The molecule has 0 aliphatic heterocycles. The predicted molar refractivity (Wildman–Crippen MR) is 135 cm³/mol. The zero-order valence-corrected chi connectivity index (χ0v) is 20.4. The first kappa shape index (κ1) is 25.2. The van der Waals surface area contributed by atoms with Gasteiger partial charge in [0.05, 0.1) is 5.56 Å². The van der Waals surface area contributed by atoms with Gasteiger partial charge < -0.3 is 5.73 Å². The normalized spacial score (nSPS) is 11.1. The highest BCUT2D eigenvalue weighted by atomic mass is 16.1. The van der Waals surface area contributed by atoms with E-state index in [4.69, 9.17) is 5.73 Å². The number of hydrogen-bond acceptors (Lipinski definition) is 1. The Morgan fingerprint density at radius 1 is 0.645 bits per heavy atom. The maximum Gasteiger partial charge on any atom is 0.249 e. The second kappa shape index (κ2) is 13.3. The Hall–Kier alpha value is -2.09. The van der Waals surface area contributed by atoms with Gasteiger partial charge in [-0.05, 0) is 84.7 Å². The summed E-state index contributed by atoms with van der Waals surface area (Å²) in [4.78, 5) is 13.0. The summed E-state index contributed by atoms with van der Waals surface area (Å²) in [5, 5.41) is 0. The van der Waals surface area contributed by atoms with Crippen molar-refractivity contribution in [3.05, 3.63) is 58.1 Å². The molecule has 2 aromatic carbocycles. The van der Waals surface area contributed by atoms with Gasteiger partial charge in [0.1, 0.15) is 0 Å². The van der Waals surface area contributed by atoms with Crippen molar-refractivity contribution < 1.29 is 4.79 Å². The van der Waals surface area contributed by atoms with Gasteiger partial charge in [0.2, 0.25) is 5.91 Å². The fourth-order valence-corrected chi connectivity index (χ4v) is 4.73. The number of unbranched alkanes of at least 4 members (excludes halogenated alkanes) is 4.